The zero-order valence-corrected chi connectivity index (χ0v) is 6.26. The topological polar surface area (TPSA) is 78.7 Å². The van der Waals surface area contributed by atoms with Crippen LogP contribution in [0.4, 0.5) is 0 Å². The van der Waals surface area contributed by atoms with E-state index in [0.29, 0.717) is 4.88 Å². The number of rotatable bonds is 2. The van der Waals surface area contributed by atoms with Gasteiger partial charge in [-0.15, -0.1) is 5.10 Å². The molecule has 1 amide bonds. The van der Waals surface area contributed by atoms with Crippen molar-refractivity contribution in [3.8, 4) is 6.07 Å². The lowest BCUT2D eigenvalue weighted by Gasteiger charge is -1.92. The lowest BCUT2D eigenvalue weighted by atomic mass is 10.5. The molecule has 6 heteroatoms. The van der Waals surface area contributed by atoms with Crippen LogP contribution in [0.15, 0.2) is 6.20 Å². The first-order chi connectivity index (χ1) is 5.34. The molecular formula is C5H4N4OS. The van der Waals surface area contributed by atoms with Gasteiger partial charge >= 0.3 is 0 Å². The fraction of sp³-hybridized carbons (Fsp3) is 0.200. The average Bonchev–Trinajstić information content (AvgIpc) is 2.52. The second kappa shape index (κ2) is 3.63. The first kappa shape index (κ1) is 7.63. The van der Waals surface area contributed by atoms with E-state index in [1.54, 1.807) is 6.07 Å². The van der Waals surface area contributed by atoms with Crippen LogP contribution in [0.1, 0.15) is 9.67 Å². The minimum atomic E-state index is -0.304. The van der Waals surface area contributed by atoms with Crippen LogP contribution in [-0.4, -0.2) is 22.0 Å². The minimum Gasteiger partial charge on any atom is -0.338 e. The van der Waals surface area contributed by atoms with Crippen LogP contribution in [-0.2, 0) is 0 Å². The van der Waals surface area contributed by atoms with Gasteiger partial charge in [0.1, 0.15) is 11.4 Å². The molecule has 1 N–H and O–H groups in total. The van der Waals surface area contributed by atoms with Gasteiger partial charge in [0.15, 0.2) is 0 Å². The standard InChI is InChI=1S/C5H4N4OS/c6-1-2-7-5(10)4-3-8-9-11-4/h3H,2H2,(H,7,10). The summed E-state index contributed by atoms with van der Waals surface area (Å²) in [6.45, 7) is 0.0106. The molecule has 1 heterocycles. The smallest absolute Gasteiger partial charge is 0.265 e. The third kappa shape index (κ3) is 1.98. The molecule has 0 spiro atoms. The number of nitrogens with zero attached hydrogens (tertiary/aromatic N) is 3. The summed E-state index contributed by atoms with van der Waals surface area (Å²) in [6, 6.07) is 1.79. The van der Waals surface area contributed by atoms with Crippen LogP contribution in [0.3, 0.4) is 0 Å². The number of nitriles is 1. The van der Waals surface area contributed by atoms with E-state index in [0.717, 1.165) is 11.5 Å². The molecule has 0 atom stereocenters. The van der Waals surface area contributed by atoms with Crippen molar-refractivity contribution >= 4 is 17.4 Å². The Balaban J connectivity index is 2.51. The Bertz CT molecular complexity index is 275. The Kier molecular flexibility index (Phi) is 2.52. The van der Waals surface area contributed by atoms with Gasteiger partial charge in [-0.05, 0) is 11.5 Å². The Morgan fingerprint density at radius 2 is 2.73 bits per heavy atom. The molecule has 0 fully saturated rings. The largest absolute Gasteiger partial charge is 0.338 e. The summed E-state index contributed by atoms with van der Waals surface area (Å²) in [5.74, 6) is -0.304. The molecule has 1 aromatic rings. The number of carbonyl (C=O) groups is 1. The van der Waals surface area contributed by atoms with Gasteiger partial charge in [0.2, 0.25) is 0 Å². The maximum atomic E-state index is 10.9. The second-order valence-corrected chi connectivity index (χ2v) is 2.41. The highest BCUT2D eigenvalue weighted by Gasteiger charge is 2.05. The fourth-order valence-corrected chi connectivity index (χ4v) is 0.906. The fourth-order valence-electron chi connectivity index (χ4n) is 0.474. The van der Waals surface area contributed by atoms with Crippen molar-refractivity contribution in [3.63, 3.8) is 0 Å². The molecule has 0 unspecified atom stereocenters. The minimum absolute atomic E-state index is 0.0106. The van der Waals surface area contributed by atoms with Crippen LogP contribution in [0.2, 0.25) is 0 Å². The molecule has 0 bridgehead atoms. The van der Waals surface area contributed by atoms with Gasteiger partial charge in [-0.25, -0.2) is 0 Å². The summed E-state index contributed by atoms with van der Waals surface area (Å²) < 4.78 is 3.50. The Labute approximate surface area is 66.8 Å². The molecule has 0 radical (unpaired) electrons. The van der Waals surface area contributed by atoms with Gasteiger partial charge < -0.3 is 5.32 Å². The van der Waals surface area contributed by atoms with Crippen molar-refractivity contribution in [1.82, 2.24) is 14.9 Å². The summed E-state index contributed by atoms with van der Waals surface area (Å²) >= 11 is 0.999. The van der Waals surface area contributed by atoms with Crippen molar-refractivity contribution in [1.29, 1.82) is 5.26 Å². The van der Waals surface area contributed by atoms with Crippen molar-refractivity contribution in [2.75, 3.05) is 6.54 Å². The lowest BCUT2D eigenvalue weighted by molar-refractivity contribution is 0.0962. The van der Waals surface area contributed by atoms with Crippen LogP contribution in [0.25, 0.3) is 0 Å². The highest BCUT2D eigenvalue weighted by atomic mass is 32.1. The molecule has 0 saturated heterocycles. The van der Waals surface area contributed by atoms with Gasteiger partial charge in [-0.1, -0.05) is 4.49 Å². The summed E-state index contributed by atoms with van der Waals surface area (Å²) in [6.07, 6.45) is 1.36. The summed E-state index contributed by atoms with van der Waals surface area (Å²) in [4.78, 5) is 11.3. The molecule has 1 aromatic heterocycles. The molecular weight excluding hydrogens is 164 g/mol. The van der Waals surface area contributed by atoms with Crippen molar-refractivity contribution < 1.29 is 4.79 Å². The predicted molar refractivity (Wildman–Crippen MR) is 37.9 cm³/mol. The van der Waals surface area contributed by atoms with Crippen LogP contribution in [0.5, 0.6) is 0 Å². The van der Waals surface area contributed by atoms with E-state index in [9.17, 15) is 4.79 Å². The second-order valence-electron chi connectivity index (χ2n) is 1.62. The van der Waals surface area contributed by atoms with E-state index in [4.69, 9.17) is 5.26 Å². The average molecular weight is 168 g/mol. The first-order valence-corrected chi connectivity index (χ1v) is 3.54. The van der Waals surface area contributed by atoms with Crippen LogP contribution >= 0.6 is 11.5 Å². The molecule has 11 heavy (non-hydrogen) atoms. The molecule has 56 valence electrons. The van der Waals surface area contributed by atoms with Gasteiger partial charge in [-0.3, -0.25) is 4.79 Å². The highest BCUT2D eigenvalue weighted by Crippen LogP contribution is 1.99. The molecule has 0 aliphatic carbocycles. The first-order valence-electron chi connectivity index (χ1n) is 2.77. The van der Waals surface area contributed by atoms with Crippen molar-refractivity contribution in [3.05, 3.63) is 11.1 Å². The van der Waals surface area contributed by atoms with E-state index in [1.165, 1.54) is 6.20 Å². The number of aromatic nitrogens is 2. The number of amides is 1. The normalized spacial score (nSPS) is 8.64. The predicted octanol–water partition coefficient (Wildman–Crippen LogP) is -0.209. The maximum absolute atomic E-state index is 10.9. The van der Waals surface area contributed by atoms with Gasteiger partial charge in [-0.2, -0.15) is 5.26 Å². The quantitative estimate of drug-likeness (QED) is 0.620. The van der Waals surface area contributed by atoms with E-state index < -0.39 is 0 Å². The van der Waals surface area contributed by atoms with Crippen molar-refractivity contribution in [2.45, 2.75) is 0 Å². The molecule has 0 aliphatic rings. The number of hydrogen-bond acceptors (Lipinski definition) is 5. The molecule has 5 nitrogen and oxygen atoms in total. The molecule has 0 aliphatic heterocycles. The van der Waals surface area contributed by atoms with E-state index in [1.807, 2.05) is 0 Å². The number of nitrogens with one attached hydrogen (secondary N) is 1. The third-order valence-electron chi connectivity index (χ3n) is 0.913. The van der Waals surface area contributed by atoms with E-state index >= 15 is 0 Å². The Hall–Kier alpha value is -1.48. The summed E-state index contributed by atoms with van der Waals surface area (Å²) in [5.41, 5.74) is 0. The third-order valence-corrected chi connectivity index (χ3v) is 1.58. The Morgan fingerprint density at radius 3 is 3.27 bits per heavy atom. The van der Waals surface area contributed by atoms with Crippen molar-refractivity contribution in [2.24, 2.45) is 0 Å². The lowest BCUT2D eigenvalue weighted by Crippen LogP contribution is -2.22. The monoisotopic (exact) mass is 168 g/mol. The van der Waals surface area contributed by atoms with E-state index in [-0.39, 0.29) is 12.5 Å². The van der Waals surface area contributed by atoms with Gasteiger partial charge in [0.25, 0.3) is 5.91 Å². The summed E-state index contributed by atoms with van der Waals surface area (Å²) in [7, 11) is 0. The number of hydrogen-bond donors (Lipinski definition) is 1. The Morgan fingerprint density at radius 1 is 1.91 bits per heavy atom. The molecule has 0 saturated carbocycles. The van der Waals surface area contributed by atoms with E-state index in [2.05, 4.69) is 14.9 Å². The van der Waals surface area contributed by atoms with Crippen LogP contribution < -0.4 is 5.32 Å². The summed E-state index contributed by atoms with van der Waals surface area (Å²) in [5, 5.41) is 14.0. The van der Waals surface area contributed by atoms with Gasteiger partial charge in [0.05, 0.1) is 12.3 Å². The molecule has 1 rings (SSSR count). The zero-order chi connectivity index (χ0) is 8.10. The van der Waals surface area contributed by atoms with Crippen LogP contribution in [0, 0.1) is 11.3 Å². The highest BCUT2D eigenvalue weighted by molar-refractivity contribution is 7.07. The maximum Gasteiger partial charge on any atom is 0.265 e. The number of carbonyl (C=O) groups excluding carboxylic acids is 1. The SMILES string of the molecule is N#CCNC(=O)c1cnns1. The van der Waals surface area contributed by atoms with Gasteiger partial charge in [0, 0.05) is 0 Å². The molecule has 0 aromatic carbocycles. The zero-order valence-electron chi connectivity index (χ0n) is 5.44.